The van der Waals surface area contributed by atoms with Gasteiger partial charge in [-0.15, -0.1) is 0 Å². The van der Waals surface area contributed by atoms with Crippen molar-refractivity contribution in [2.24, 2.45) is 0 Å². The van der Waals surface area contributed by atoms with Crippen LogP contribution in [-0.2, 0) is 4.79 Å². The fourth-order valence-electron chi connectivity index (χ4n) is 3.66. The van der Waals surface area contributed by atoms with E-state index in [0.29, 0.717) is 0 Å². The van der Waals surface area contributed by atoms with Gasteiger partial charge < -0.3 is 15.3 Å². The largest absolute Gasteiger partial charge is 0.387 e. The molecule has 0 saturated carbocycles. The van der Waals surface area contributed by atoms with Gasteiger partial charge in [0.25, 0.3) is 0 Å². The lowest BCUT2D eigenvalue weighted by atomic mass is 10.0. The van der Waals surface area contributed by atoms with Gasteiger partial charge in [-0.05, 0) is 49.2 Å². The third kappa shape index (κ3) is 4.87. The van der Waals surface area contributed by atoms with Crippen molar-refractivity contribution >= 4 is 17.3 Å². The third-order valence-electron chi connectivity index (χ3n) is 5.29. The van der Waals surface area contributed by atoms with Gasteiger partial charge in [-0.3, -0.25) is 9.69 Å². The molecule has 1 amide bonds. The highest BCUT2D eigenvalue weighted by atomic mass is 16.3. The molecule has 0 bridgehead atoms. The van der Waals surface area contributed by atoms with Gasteiger partial charge in [0, 0.05) is 50.5 Å². The predicted octanol–water partition coefficient (Wildman–Crippen LogP) is 3.20. The molecule has 2 unspecified atom stereocenters. The van der Waals surface area contributed by atoms with E-state index in [-0.39, 0.29) is 11.9 Å². The summed E-state index contributed by atoms with van der Waals surface area (Å²) in [4.78, 5) is 15.9. The topological polar surface area (TPSA) is 55.8 Å². The number of benzene rings is 2. The number of carbonyl (C=O) groups is 1. The molecule has 1 heterocycles. The molecule has 0 aromatic heterocycles. The zero-order valence-corrected chi connectivity index (χ0v) is 16.4. The van der Waals surface area contributed by atoms with Gasteiger partial charge in [0.05, 0.1) is 6.10 Å². The maximum absolute atomic E-state index is 11.1. The fourth-order valence-corrected chi connectivity index (χ4v) is 3.66. The molecule has 1 aliphatic rings. The molecule has 2 aromatic rings. The highest BCUT2D eigenvalue weighted by Gasteiger charge is 2.26. The van der Waals surface area contributed by atoms with E-state index in [0.717, 1.165) is 37.4 Å². The smallest absolute Gasteiger partial charge is 0.221 e. The Balaban J connectivity index is 1.58. The van der Waals surface area contributed by atoms with Crippen molar-refractivity contribution in [2.75, 3.05) is 36.4 Å². The van der Waals surface area contributed by atoms with Crippen molar-refractivity contribution in [2.45, 2.75) is 32.9 Å². The predicted molar refractivity (Wildman–Crippen MR) is 110 cm³/mol. The van der Waals surface area contributed by atoms with Gasteiger partial charge in [-0.2, -0.15) is 0 Å². The van der Waals surface area contributed by atoms with E-state index in [2.05, 4.69) is 53.2 Å². The van der Waals surface area contributed by atoms with E-state index in [4.69, 9.17) is 0 Å². The van der Waals surface area contributed by atoms with Crippen molar-refractivity contribution in [1.82, 2.24) is 4.90 Å². The highest BCUT2D eigenvalue weighted by molar-refractivity contribution is 5.88. The first-order chi connectivity index (χ1) is 12.9. The van der Waals surface area contributed by atoms with Crippen LogP contribution in [0.3, 0.4) is 0 Å². The summed E-state index contributed by atoms with van der Waals surface area (Å²) >= 11 is 0. The molecular weight excluding hydrogens is 338 g/mol. The Morgan fingerprint density at radius 3 is 2.33 bits per heavy atom. The second-order valence-electron chi connectivity index (χ2n) is 7.35. The van der Waals surface area contributed by atoms with E-state index in [1.54, 1.807) is 0 Å². The average Bonchev–Trinajstić information content (AvgIpc) is 2.67. The Kier molecular flexibility index (Phi) is 6.14. The summed E-state index contributed by atoms with van der Waals surface area (Å²) in [6.45, 7) is 9.46. The van der Waals surface area contributed by atoms with Gasteiger partial charge in [0.1, 0.15) is 0 Å². The maximum Gasteiger partial charge on any atom is 0.221 e. The Bertz CT molecular complexity index is 767. The number of hydrogen-bond donors (Lipinski definition) is 2. The number of anilines is 2. The maximum atomic E-state index is 11.1. The standard InChI is InChI=1S/C22H29N3O2/c1-16-5-4-6-21(15-16)25-13-11-24(12-14-25)17(2)22(27)19-7-9-20(10-8-19)23-18(3)26/h4-10,15,17,22,27H,11-14H2,1-3H3,(H,23,26). The molecule has 1 aliphatic heterocycles. The summed E-state index contributed by atoms with van der Waals surface area (Å²) in [6, 6.07) is 16.1. The number of rotatable bonds is 5. The normalized spacial score (nSPS) is 17.4. The number of nitrogens with one attached hydrogen (secondary N) is 1. The van der Waals surface area contributed by atoms with Crippen LogP contribution in [0.25, 0.3) is 0 Å². The second-order valence-corrected chi connectivity index (χ2v) is 7.35. The fraction of sp³-hybridized carbons (Fsp3) is 0.409. The van der Waals surface area contributed by atoms with Crippen LogP contribution >= 0.6 is 0 Å². The Morgan fingerprint density at radius 1 is 1.07 bits per heavy atom. The third-order valence-corrected chi connectivity index (χ3v) is 5.29. The molecule has 3 rings (SSSR count). The molecule has 2 atom stereocenters. The van der Waals surface area contributed by atoms with Crippen molar-refractivity contribution in [1.29, 1.82) is 0 Å². The molecule has 1 saturated heterocycles. The number of aliphatic hydroxyl groups excluding tert-OH is 1. The molecular formula is C22H29N3O2. The number of aryl methyl sites for hydroxylation is 1. The molecule has 0 aliphatic carbocycles. The summed E-state index contributed by atoms with van der Waals surface area (Å²) in [5, 5.41) is 13.5. The number of piperazine rings is 1. The summed E-state index contributed by atoms with van der Waals surface area (Å²) in [7, 11) is 0. The summed E-state index contributed by atoms with van der Waals surface area (Å²) < 4.78 is 0. The first-order valence-electron chi connectivity index (χ1n) is 9.55. The molecule has 5 heteroatoms. The van der Waals surface area contributed by atoms with E-state index < -0.39 is 6.10 Å². The Morgan fingerprint density at radius 2 is 1.74 bits per heavy atom. The number of aliphatic hydroxyl groups is 1. The van der Waals surface area contributed by atoms with E-state index in [1.807, 2.05) is 24.3 Å². The van der Waals surface area contributed by atoms with Crippen LogP contribution in [-0.4, -0.2) is 48.1 Å². The van der Waals surface area contributed by atoms with Gasteiger partial charge in [0.2, 0.25) is 5.91 Å². The lowest BCUT2D eigenvalue weighted by Crippen LogP contribution is -2.51. The molecule has 2 aromatic carbocycles. The lowest BCUT2D eigenvalue weighted by molar-refractivity contribution is -0.114. The summed E-state index contributed by atoms with van der Waals surface area (Å²) in [5.41, 5.74) is 4.17. The summed E-state index contributed by atoms with van der Waals surface area (Å²) in [5.74, 6) is -0.0943. The second kappa shape index (κ2) is 8.55. The van der Waals surface area contributed by atoms with Crippen molar-refractivity contribution < 1.29 is 9.90 Å². The Hall–Kier alpha value is -2.37. The minimum absolute atomic E-state index is 0.0382. The number of hydrogen-bond acceptors (Lipinski definition) is 4. The van der Waals surface area contributed by atoms with Crippen LogP contribution in [0.1, 0.15) is 31.1 Å². The van der Waals surface area contributed by atoms with Gasteiger partial charge in [-0.25, -0.2) is 0 Å². The van der Waals surface area contributed by atoms with Gasteiger partial charge in [-0.1, -0.05) is 24.3 Å². The molecule has 2 N–H and O–H groups in total. The minimum atomic E-state index is -0.554. The highest BCUT2D eigenvalue weighted by Crippen LogP contribution is 2.25. The van der Waals surface area contributed by atoms with Crippen molar-refractivity contribution in [3.63, 3.8) is 0 Å². The van der Waals surface area contributed by atoms with Crippen LogP contribution in [0, 0.1) is 6.92 Å². The molecule has 0 spiro atoms. The van der Waals surface area contributed by atoms with E-state index >= 15 is 0 Å². The zero-order chi connectivity index (χ0) is 19.4. The summed E-state index contributed by atoms with van der Waals surface area (Å²) in [6.07, 6.45) is -0.554. The number of amides is 1. The first kappa shape index (κ1) is 19.4. The molecule has 5 nitrogen and oxygen atoms in total. The van der Waals surface area contributed by atoms with Crippen LogP contribution in [0.15, 0.2) is 48.5 Å². The molecule has 0 radical (unpaired) electrons. The average molecular weight is 367 g/mol. The number of nitrogens with zero attached hydrogens (tertiary/aromatic N) is 2. The monoisotopic (exact) mass is 367 g/mol. The quantitative estimate of drug-likeness (QED) is 0.852. The van der Waals surface area contributed by atoms with Crippen LogP contribution < -0.4 is 10.2 Å². The van der Waals surface area contributed by atoms with Crippen LogP contribution in [0.4, 0.5) is 11.4 Å². The van der Waals surface area contributed by atoms with E-state index in [1.165, 1.54) is 18.2 Å². The van der Waals surface area contributed by atoms with Crippen LogP contribution in [0.2, 0.25) is 0 Å². The van der Waals surface area contributed by atoms with Gasteiger partial charge >= 0.3 is 0 Å². The molecule has 144 valence electrons. The Labute approximate surface area is 161 Å². The van der Waals surface area contributed by atoms with Crippen LogP contribution in [0.5, 0.6) is 0 Å². The SMILES string of the molecule is CC(=O)Nc1ccc(C(O)C(C)N2CCN(c3cccc(C)c3)CC2)cc1. The van der Waals surface area contributed by atoms with Crippen molar-refractivity contribution in [3.8, 4) is 0 Å². The zero-order valence-electron chi connectivity index (χ0n) is 16.4. The first-order valence-corrected chi connectivity index (χ1v) is 9.55. The van der Waals surface area contributed by atoms with E-state index in [9.17, 15) is 9.90 Å². The van der Waals surface area contributed by atoms with Gasteiger partial charge in [0.15, 0.2) is 0 Å². The minimum Gasteiger partial charge on any atom is -0.387 e. The number of carbonyl (C=O) groups excluding carboxylic acids is 1. The molecule has 27 heavy (non-hydrogen) atoms. The lowest BCUT2D eigenvalue weighted by Gasteiger charge is -2.40. The molecule has 1 fully saturated rings. The van der Waals surface area contributed by atoms with Crippen molar-refractivity contribution in [3.05, 3.63) is 59.7 Å².